The van der Waals surface area contributed by atoms with Crippen LogP contribution >= 0.6 is 11.3 Å². The molecule has 3 heterocycles. The molecule has 1 aromatic carbocycles. The summed E-state index contributed by atoms with van der Waals surface area (Å²) < 4.78 is 12.4. The molecule has 0 fully saturated rings. The van der Waals surface area contributed by atoms with E-state index in [0.29, 0.717) is 41.5 Å². The zero-order chi connectivity index (χ0) is 24.1. The van der Waals surface area contributed by atoms with Gasteiger partial charge >= 0.3 is 0 Å². The second-order valence-corrected chi connectivity index (χ2v) is 8.30. The highest BCUT2D eigenvalue weighted by atomic mass is 32.1. The number of H-pyrrole nitrogens is 1. The van der Waals surface area contributed by atoms with E-state index in [1.54, 1.807) is 37.3 Å². The Morgan fingerprint density at radius 3 is 2.50 bits per heavy atom. The fourth-order valence-electron chi connectivity index (χ4n) is 3.42. The standard InChI is InChI=1S/C24H25N5O4S/c1-4-18-15(3)25-24(27-23(18)31)29-21(13-19(28-29)20-7-6-12-34-20)26-22(30)14-33-17-10-8-16(9-11-17)32-5-2/h6-13H,4-5,14H2,1-3H3,(H,26,30)(H,25,27,31). The van der Waals surface area contributed by atoms with Crippen LogP contribution in [-0.2, 0) is 11.2 Å². The summed E-state index contributed by atoms with van der Waals surface area (Å²) in [6.07, 6.45) is 0.570. The number of carbonyl (C=O) groups is 1. The lowest BCUT2D eigenvalue weighted by molar-refractivity contribution is -0.118. The zero-order valence-electron chi connectivity index (χ0n) is 19.1. The van der Waals surface area contributed by atoms with E-state index >= 15 is 0 Å². The van der Waals surface area contributed by atoms with Gasteiger partial charge in [0.2, 0.25) is 5.95 Å². The maximum absolute atomic E-state index is 12.7. The van der Waals surface area contributed by atoms with Crippen LogP contribution in [0.1, 0.15) is 25.1 Å². The third-order valence-electron chi connectivity index (χ3n) is 5.02. The number of nitrogens with one attached hydrogen (secondary N) is 2. The van der Waals surface area contributed by atoms with Crippen molar-refractivity contribution in [2.75, 3.05) is 18.5 Å². The Morgan fingerprint density at radius 1 is 1.15 bits per heavy atom. The Labute approximate surface area is 200 Å². The van der Waals surface area contributed by atoms with E-state index in [-0.39, 0.29) is 24.0 Å². The van der Waals surface area contributed by atoms with Gasteiger partial charge < -0.3 is 14.8 Å². The fourth-order valence-corrected chi connectivity index (χ4v) is 4.10. The van der Waals surface area contributed by atoms with E-state index in [4.69, 9.17) is 9.47 Å². The molecule has 4 rings (SSSR count). The van der Waals surface area contributed by atoms with Crippen LogP contribution in [0, 0.1) is 6.92 Å². The van der Waals surface area contributed by atoms with Crippen LogP contribution in [0.25, 0.3) is 16.5 Å². The van der Waals surface area contributed by atoms with Crippen LogP contribution in [0.2, 0.25) is 0 Å². The van der Waals surface area contributed by atoms with Crippen molar-refractivity contribution < 1.29 is 14.3 Å². The van der Waals surface area contributed by atoms with Crippen LogP contribution in [0.3, 0.4) is 0 Å². The van der Waals surface area contributed by atoms with Gasteiger partial charge in [0.15, 0.2) is 6.61 Å². The number of ether oxygens (including phenoxy) is 2. The second-order valence-electron chi connectivity index (χ2n) is 7.35. The van der Waals surface area contributed by atoms with Crippen molar-refractivity contribution in [2.24, 2.45) is 0 Å². The van der Waals surface area contributed by atoms with Gasteiger partial charge in [-0.25, -0.2) is 4.98 Å². The number of nitrogens with zero attached hydrogens (tertiary/aromatic N) is 3. The van der Waals surface area contributed by atoms with Crippen LogP contribution in [0.5, 0.6) is 11.5 Å². The van der Waals surface area contributed by atoms with Crippen LogP contribution in [-0.4, -0.2) is 38.9 Å². The number of benzene rings is 1. The summed E-state index contributed by atoms with van der Waals surface area (Å²) in [4.78, 5) is 33.4. The predicted octanol–water partition coefficient (Wildman–Crippen LogP) is 3.97. The van der Waals surface area contributed by atoms with Crippen LogP contribution in [0.15, 0.2) is 52.6 Å². The lowest BCUT2D eigenvalue weighted by Gasteiger charge is -2.11. The van der Waals surface area contributed by atoms with Gasteiger partial charge in [-0.2, -0.15) is 9.78 Å². The summed E-state index contributed by atoms with van der Waals surface area (Å²) in [7, 11) is 0. The summed E-state index contributed by atoms with van der Waals surface area (Å²) in [6, 6.07) is 12.6. The number of carbonyl (C=O) groups excluding carboxylic acids is 1. The van der Waals surface area contributed by atoms with E-state index < -0.39 is 0 Å². The molecule has 3 aromatic heterocycles. The Hall–Kier alpha value is -3.92. The largest absolute Gasteiger partial charge is 0.494 e. The van der Waals surface area contributed by atoms with Crippen LogP contribution in [0.4, 0.5) is 5.82 Å². The maximum Gasteiger partial charge on any atom is 0.263 e. The molecule has 0 spiro atoms. The van der Waals surface area contributed by atoms with E-state index in [1.807, 2.05) is 31.4 Å². The Bertz CT molecular complexity index is 1330. The highest BCUT2D eigenvalue weighted by Gasteiger charge is 2.17. The topological polar surface area (TPSA) is 111 Å². The first-order valence-electron chi connectivity index (χ1n) is 10.9. The van der Waals surface area contributed by atoms with Crippen molar-refractivity contribution in [1.82, 2.24) is 19.7 Å². The summed E-state index contributed by atoms with van der Waals surface area (Å²) in [5, 5.41) is 9.34. The van der Waals surface area contributed by atoms with Gasteiger partial charge in [0.25, 0.3) is 11.5 Å². The third kappa shape index (κ3) is 5.18. The van der Waals surface area contributed by atoms with Crippen LogP contribution < -0.4 is 20.3 Å². The average Bonchev–Trinajstić information content (AvgIpc) is 3.49. The molecule has 34 heavy (non-hydrogen) atoms. The molecule has 0 aliphatic heterocycles. The molecule has 0 unspecified atom stereocenters. The van der Waals surface area contributed by atoms with Gasteiger partial charge in [-0.3, -0.25) is 14.6 Å². The van der Waals surface area contributed by atoms with Gasteiger partial charge in [-0.1, -0.05) is 13.0 Å². The fraction of sp³-hybridized carbons (Fsp3) is 0.250. The first-order valence-corrected chi connectivity index (χ1v) is 11.8. The highest BCUT2D eigenvalue weighted by Crippen LogP contribution is 2.27. The molecule has 0 bridgehead atoms. The first kappa shape index (κ1) is 23.2. The number of anilines is 1. The highest BCUT2D eigenvalue weighted by molar-refractivity contribution is 7.13. The van der Waals surface area contributed by atoms with E-state index in [1.165, 1.54) is 16.0 Å². The first-order chi connectivity index (χ1) is 16.5. The minimum atomic E-state index is -0.378. The lowest BCUT2D eigenvalue weighted by Crippen LogP contribution is -2.24. The van der Waals surface area contributed by atoms with Crippen molar-refractivity contribution in [1.29, 1.82) is 0 Å². The van der Waals surface area contributed by atoms with Gasteiger partial charge in [-0.15, -0.1) is 11.3 Å². The van der Waals surface area contributed by atoms with Gasteiger partial charge in [-0.05, 0) is 56.0 Å². The number of hydrogen-bond donors (Lipinski definition) is 2. The molecule has 9 nitrogen and oxygen atoms in total. The van der Waals surface area contributed by atoms with Crippen molar-refractivity contribution in [3.05, 3.63) is 69.5 Å². The number of aromatic amines is 1. The quantitative estimate of drug-likeness (QED) is 0.376. The van der Waals surface area contributed by atoms with Crippen molar-refractivity contribution >= 4 is 23.1 Å². The van der Waals surface area contributed by atoms with Crippen molar-refractivity contribution in [2.45, 2.75) is 27.2 Å². The molecule has 4 aromatic rings. The Balaban J connectivity index is 1.57. The molecule has 176 valence electrons. The molecular weight excluding hydrogens is 454 g/mol. The molecule has 0 saturated carbocycles. The Morgan fingerprint density at radius 2 is 1.88 bits per heavy atom. The number of amides is 1. The average molecular weight is 480 g/mol. The smallest absolute Gasteiger partial charge is 0.263 e. The molecular formula is C24H25N5O4S. The van der Waals surface area contributed by atoms with Gasteiger partial charge in [0, 0.05) is 17.3 Å². The van der Waals surface area contributed by atoms with Crippen molar-refractivity contribution in [3.8, 4) is 28.0 Å². The molecule has 0 radical (unpaired) electrons. The summed E-state index contributed by atoms with van der Waals surface area (Å²) in [5.41, 5.74) is 1.65. The van der Waals surface area contributed by atoms with Gasteiger partial charge in [0.05, 0.1) is 11.5 Å². The molecule has 2 N–H and O–H groups in total. The second kappa shape index (κ2) is 10.3. The lowest BCUT2D eigenvalue weighted by atomic mass is 10.2. The maximum atomic E-state index is 12.7. The summed E-state index contributed by atoms with van der Waals surface area (Å²) in [5.74, 6) is 1.50. The Kier molecular flexibility index (Phi) is 7.07. The number of rotatable bonds is 9. The van der Waals surface area contributed by atoms with E-state index in [9.17, 15) is 9.59 Å². The summed E-state index contributed by atoms with van der Waals surface area (Å²) in [6.45, 7) is 5.96. The molecule has 0 aliphatic carbocycles. The summed E-state index contributed by atoms with van der Waals surface area (Å²) >= 11 is 1.52. The van der Waals surface area contributed by atoms with E-state index in [0.717, 1.165) is 10.6 Å². The van der Waals surface area contributed by atoms with Crippen molar-refractivity contribution in [3.63, 3.8) is 0 Å². The number of aryl methyl sites for hydroxylation is 1. The molecule has 0 aliphatic rings. The molecule has 0 atom stereocenters. The molecule has 0 saturated heterocycles. The SMILES string of the molecule is CCOc1ccc(OCC(=O)Nc2cc(-c3cccs3)nn2-c2nc(C)c(CC)c(=O)[nH]2)cc1. The number of aromatic nitrogens is 4. The zero-order valence-corrected chi connectivity index (χ0v) is 19.9. The predicted molar refractivity (Wildman–Crippen MR) is 131 cm³/mol. The normalized spacial score (nSPS) is 10.8. The molecule has 1 amide bonds. The number of thiophene rings is 1. The van der Waals surface area contributed by atoms with E-state index in [2.05, 4.69) is 20.4 Å². The van der Waals surface area contributed by atoms with Gasteiger partial charge in [0.1, 0.15) is 23.0 Å². The third-order valence-corrected chi connectivity index (χ3v) is 5.91. The molecule has 10 heteroatoms. The monoisotopic (exact) mass is 479 g/mol. The minimum absolute atomic E-state index is 0.203. The minimum Gasteiger partial charge on any atom is -0.494 e. The number of hydrogen-bond acceptors (Lipinski definition) is 7.